The molecular formula is C12H22N2O4. The normalized spacial score (nSPS) is 17.9. The van der Waals surface area contributed by atoms with Gasteiger partial charge in [0.2, 0.25) is 0 Å². The second-order valence-corrected chi connectivity index (χ2v) is 4.87. The SMILES string of the molecule is CCC1(CNC(=O)NCC(CC(=O)O)OC)CC1. The average Bonchev–Trinajstić information content (AvgIpc) is 3.12. The standard InChI is InChI=1S/C12H22N2O4/c1-3-12(4-5-12)8-14-11(17)13-7-9(18-2)6-10(15)16/h9H,3-8H2,1-2H3,(H,15,16)(H2,13,14,17). The summed E-state index contributed by atoms with van der Waals surface area (Å²) in [4.78, 5) is 22.0. The predicted octanol–water partition coefficient (Wildman–Crippen LogP) is 0.965. The largest absolute Gasteiger partial charge is 0.481 e. The van der Waals surface area contributed by atoms with Crippen molar-refractivity contribution in [2.75, 3.05) is 20.2 Å². The molecule has 0 spiro atoms. The van der Waals surface area contributed by atoms with Gasteiger partial charge >= 0.3 is 12.0 Å². The molecule has 0 aliphatic heterocycles. The highest BCUT2D eigenvalue weighted by Gasteiger charge is 2.40. The van der Waals surface area contributed by atoms with Crippen LogP contribution in [0.25, 0.3) is 0 Å². The molecule has 1 rings (SSSR count). The second-order valence-electron chi connectivity index (χ2n) is 4.87. The average molecular weight is 258 g/mol. The minimum Gasteiger partial charge on any atom is -0.481 e. The number of urea groups is 1. The van der Waals surface area contributed by atoms with E-state index in [4.69, 9.17) is 9.84 Å². The van der Waals surface area contributed by atoms with E-state index in [2.05, 4.69) is 17.6 Å². The molecule has 0 bridgehead atoms. The molecule has 1 atom stereocenters. The molecule has 0 aromatic heterocycles. The number of carboxylic acids is 1. The minimum absolute atomic E-state index is 0.115. The Hall–Kier alpha value is -1.30. The van der Waals surface area contributed by atoms with E-state index < -0.39 is 12.1 Å². The molecule has 1 fully saturated rings. The summed E-state index contributed by atoms with van der Waals surface area (Å²) < 4.78 is 4.97. The molecule has 104 valence electrons. The van der Waals surface area contributed by atoms with Gasteiger partial charge in [-0.2, -0.15) is 0 Å². The summed E-state index contributed by atoms with van der Waals surface area (Å²) in [5.74, 6) is -0.938. The van der Waals surface area contributed by atoms with E-state index >= 15 is 0 Å². The fourth-order valence-electron chi connectivity index (χ4n) is 1.80. The quantitative estimate of drug-likeness (QED) is 0.605. The van der Waals surface area contributed by atoms with Gasteiger partial charge in [-0.1, -0.05) is 6.92 Å². The predicted molar refractivity (Wildman–Crippen MR) is 66.4 cm³/mol. The van der Waals surface area contributed by atoms with Crippen molar-refractivity contribution in [2.24, 2.45) is 5.41 Å². The zero-order valence-corrected chi connectivity index (χ0v) is 11.0. The Morgan fingerprint density at radius 1 is 1.39 bits per heavy atom. The minimum atomic E-state index is -0.938. The van der Waals surface area contributed by atoms with Crippen LogP contribution in [0, 0.1) is 5.41 Å². The zero-order valence-electron chi connectivity index (χ0n) is 11.0. The lowest BCUT2D eigenvalue weighted by Crippen LogP contribution is -2.42. The second kappa shape index (κ2) is 6.58. The molecule has 0 radical (unpaired) electrons. The number of ether oxygens (including phenoxy) is 1. The summed E-state index contributed by atoms with van der Waals surface area (Å²) in [6, 6.07) is -0.262. The van der Waals surface area contributed by atoms with Crippen molar-refractivity contribution in [3.05, 3.63) is 0 Å². The van der Waals surface area contributed by atoms with Gasteiger partial charge in [0.1, 0.15) is 0 Å². The third-order valence-corrected chi connectivity index (χ3v) is 3.56. The Bertz CT molecular complexity index is 302. The van der Waals surface area contributed by atoms with Crippen LogP contribution in [0.2, 0.25) is 0 Å². The number of amides is 2. The first-order valence-electron chi connectivity index (χ1n) is 6.27. The lowest BCUT2D eigenvalue weighted by Gasteiger charge is -2.16. The fourth-order valence-corrected chi connectivity index (χ4v) is 1.80. The van der Waals surface area contributed by atoms with Crippen LogP contribution in [0.1, 0.15) is 32.6 Å². The van der Waals surface area contributed by atoms with Crippen LogP contribution in [-0.2, 0) is 9.53 Å². The number of hydrogen-bond acceptors (Lipinski definition) is 3. The first-order chi connectivity index (χ1) is 8.51. The number of carbonyl (C=O) groups excluding carboxylic acids is 1. The third-order valence-electron chi connectivity index (χ3n) is 3.56. The maximum atomic E-state index is 11.5. The molecule has 0 heterocycles. The topological polar surface area (TPSA) is 87.7 Å². The highest BCUT2D eigenvalue weighted by Crippen LogP contribution is 2.47. The first-order valence-corrected chi connectivity index (χ1v) is 6.27. The van der Waals surface area contributed by atoms with Crippen LogP contribution < -0.4 is 10.6 Å². The summed E-state index contributed by atoms with van der Waals surface area (Å²) in [5, 5.41) is 14.1. The molecule has 1 saturated carbocycles. The molecule has 1 unspecified atom stereocenters. The smallest absolute Gasteiger partial charge is 0.314 e. The highest BCUT2D eigenvalue weighted by atomic mass is 16.5. The maximum Gasteiger partial charge on any atom is 0.314 e. The van der Waals surface area contributed by atoms with Crippen molar-refractivity contribution in [1.29, 1.82) is 0 Å². The number of carbonyl (C=O) groups is 2. The van der Waals surface area contributed by atoms with Gasteiger partial charge in [-0.05, 0) is 24.7 Å². The number of carboxylic acid groups (broad SMARTS) is 1. The Morgan fingerprint density at radius 2 is 2.06 bits per heavy atom. The molecule has 1 aliphatic carbocycles. The molecule has 18 heavy (non-hydrogen) atoms. The van der Waals surface area contributed by atoms with E-state index in [0.29, 0.717) is 12.0 Å². The summed E-state index contributed by atoms with van der Waals surface area (Å²) in [7, 11) is 1.43. The zero-order chi connectivity index (χ0) is 13.6. The fraction of sp³-hybridized carbons (Fsp3) is 0.833. The van der Waals surface area contributed by atoms with Crippen molar-refractivity contribution < 1.29 is 19.4 Å². The van der Waals surface area contributed by atoms with Gasteiger partial charge in [0.15, 0.2) is 0 Å². The van der Waals surface area contributed by atoms with Gasteiger partial charge in [-0.15, -0.1) is 0 Å². The van der Waals surface area contributed by atoms with Crippen molar-refractivity contribution in [3.8, 4) is 0 Å². The third kappa shape index (κ3) is 4.91. The number of hydrogen-bond donors (Lipinski definition) is 3. The Morgan fingerprint density at radius 3 is 2.50 bits per heavy atom. The van der Waals surface area contributed by atoms with Crippen molar-refractivity contribution in [2.45, 2.75) is 38.7 Å². The number of rotatable bonds is 8. The maximum absolute atomic E-state index is 11.5. The summed E-state index contributed by atoms with van der Waals surface area (Å²) in [6.07, 6.45) is 2.81. The van der Waals surface area contributed by atoms with E-state index in [1.807, 2.05) is 0 Å². The van der Waals surface area contributed by atoms with Crippen LogP contribution in [0.15, 0.2) is 0 Å². The van der Waals surface area contributed by atoms with Crippen LogP contribution in [0.3, 0.4) is 0 Å². The molecule has 3 N–H and O–H groups in total. The molecule has 2 amide bonds. The Balaban J connectivity index is 2.17. The molecule has 6 nitrogen and oxygen atoms in total. The van der Waals surface area contributed by atoms with Crippen LogP contribution in [-0.4, -0.2) is 43.4 Å². The van der Waals surface area contributed by atoms with Crippen molar-refractivity contribution in [3.63, 3.8) is 0 Å². The molecule has 0 aromatic rings. The lowest BCUT2D eigenvalue weighted by atomic mass is 10.0. The van der Waals surface area contributed by atoms with Crippen LogP contribution in [0.5, 0.6) is 0 Å². The summed E-state index contributed by atoms with van der Waals surface area (Å²) >= 11 is 0. The molecule has 6 heteroatoms. The number of methoxy groups -OCH3 is 1. The Labute approximate surface area is 107 Å². The van der Waals surface area contributed by atoms with E-state index in [9.17, 15) is 9.59 Å². The molecule has 0 saturated heterocycles. The molecule has 1 aliphatic rings. The van der Waals surface area contributed by atoms with Crippen LogP contribution in [0.4, 0.5) is 4.79 Å². The van der Waals surface area contributed by atoms with E-state index in [0.717, 1.165) is 6.42 Å². The van der Waals surface area contributed by atoms with Gasteiger partial charge in [0.05, 0.1) is 12.5 Å². The summed E-state index contributed by atoms with van der Waals surface area (Å²) in [6.45, 7) is 3.01. The van der Waals surface area contributed by atoms with E-state index in [1.54, 1.807) is 0 Å². The first kappa shape index (κ1) is 14.8. The van der Waals surface area contributed by atoms with Crippen LogP contribution >= 0.6 is 0 Å². The van der Waals surface area contributed by atoms with Gasteiger partial charge < -0.3 is 20.5 Å². The molecule has 0 aromatic carbocycles. The summed E-state index contributed by atoms with van der Waals surface area (Å²) in [5.41, 5.74) is 0.305. The number of nitrogens with one attached hydrogen (secondary N) is 2. The van der Waals surface area contributed by atoms with Gasteiger partial charge in [0, 0.05) is 20.2 Å². The van der Waals surface area contributed by atoms with E-state index in [1.165, 1.54) is 20.0 Å². The van der Waals surface area contributed by atoms with Gasteiger partial charge in [-0.25, -0.2) is 4.79 Å². The lowest BCUT2D eigenvalue weighted by molar-refractivity contribution is -0.139. The van der Waals surface area contributed by atoms with Gasteiger partial charge in [0.25, 0.3) is 0 Å². The highest BCUT2D eigenvalue weighted by molar-refractivity contribution is 5.74. The van der Waals surface area contributed by atoms with Crippen molar-refractivity contribution >= 4 is 12.0 Å². The van der Waals surface area contributed by atoms with E-state index in [-0.39, 0.29) is 19.0 Å². The van der Waals surface area contributed by atoms with Gasteiger partial charge in [-0.3, -0.25) is 4.79 Å². The molecular weight excluding hydrogens is 236 g/mol. The Kier molecular flexibility index (Phi) is 5.40. The number of aliphatic carboxylic acids is 1. The van der Waals surface area contributed by atoms with Crippen molar-refractivity contribution in [1.82, 2.24) is 10.6 Å². The monoisotopic (exact) mass is 258 g/mol.